The number of nitrogens with one attached hydrogen (secondary N) is 2. The van der Waals surface area contributed by atoms with Crippen molar-refractivity contribution >= 4 is 29.2 Å². The zero-order chi connectivity index (χ0) is 16.7. The molecule has 0 spiro atoms. The second-order valence-electron chi connectivity index (χ2n) is 5.10. The number of hydrogen-bond acceptors (Lipinski definition) is 2. The molecule has 0 radical (unpaired) electrons. The fraction of sp³-hybridized carbons (Fsp3) is 0.375. The van der Waals surface area contributed by atoms with Gasteiger partial charge in [0.05, 0.1) is 12.2 Å². The summed E-state index contributed by atoms with van der Waals surface area (Å²) < 4.78 is 1.82. The predicted octanol–water partition coefficient (Wildman–Crippen LogP) is 3.02. The Bertz CT molecular complexity index is 646. The highest BCUT2D eigenvalue weighted by Gasteiger charge is 2.02. The summed E-state index contributed by atoms with van der Waals surface area (Å²) in [4.78, 5) is 4.56. The molecule has 0 atom stereocenters. The molecule has 2 N–H and O–H groups in total. The van der Waals surface area contributed by atoms with Crippen LogP contribution in [0.25, 0.3) is 0 Å². The Balaban J connectivity index is 1.90. The van der Waals surface area contributed by atoms with Gasteiger partial charge in [-0.1, -0.05) is 23.2 Å². The SMILES string of the molecule is CCNC(=NCc1ccnn1C)NCCc1cc(Cl)cc(Cl)c1. The molecule has 0 unspecified atom stereocenters. The van der Waals surface area contributed by atoms with E-state index in [0.29, 0.717) is 16.6 Å². The third-order valence-electron chi connectivity index (χ3n) is 3.29. The van der Waals surface area contributed by atoms with Gasteiger partial charge in [0.2, 0.25) is 0 Å². The van der Waals surface area contributed by atoms with Gasteiger partial charge in [-0.15, -0.1) is 0 Å². The van der Waals surface area contributed by atoms with Crippen molar-refractivity contribution < 1.29 is 0 Å². The number of aryl methyl sites for hydroxylation is 1. The van der Waals surface area contributed by atoms with Gasteiger partial charge in [0.25, 0.3) is 0 Å². The van der Waals surface area contributed by atoms with E-state index in [-0.39, 0.29) is 0 Å². The summed E-state index contributed by atoms with van der Waals surface area (Å²) in [5, 5.41) is 12.0. The summed E-state index contributed by atoms with van der Waals surface area (Å²) in [5.41, 5.74) is 2.15. The van der Waals surface area contributed by atoms with E-state index in [4.69, 9.17) is 23.2 Å². The lowest BCUT2D eigenvalue weighted by Gasteiger charge is -2.11. The average Bonchev–Trinajstić information content (AvgIpc) is 2.89. The lowest BCUT2D eigenvalue weighted by Crippen LogP contribution is -2.38. The van der Waals surface area contributed by atoms with Crippen LogP contribution in [0.3, 0.4) is 0 Å². The van der Waals surface area contributed by atoms with Crippen molar-refractivity contribution in [2.24, 2.45) is 12.0 Å². The zero-order valence-electron chi connectivity index (χ0n) is 13.3. The van der Waals surface area contributed by atoms with Crippen molar-refractivity contribution in [1.82, 2.24) is 20.4 Å². The van der Waals surface area contributed by atoms with Crippen LogP contribution >= 0.6 is 23.2 Å². The Morgan fingerprint density at radius 1 is 1.22 bits per heavy atom. The first-order chi connectivity index (χ1) is 11.1. The fourth-order valence-electron chi connectivity index (χ4n) is 2.14. The van der Waals surface area contributed by atoms with Crippen molar-refractivity contribution in [2.45, 2.75) is 19.9 Å². The molecular formula is C16H21Cl2N5. The average molecular weight is 354 g/mol. The molecule has 0 aliphatic rings. The largest absolute Gasteiger partial charge is 0.357 e. The standard InChI is InChI=1S/C16H21Cl2N5/c1-3-19-16(21-11-15-5-7-22-23(15)2)20-6-4-12-8-13(17)10-14(18)9-12/h5,7-10H,3-4,6,11H2,1-2H3,(H2,19,20,21). The van der Waals surface area contributed by atoms with Crippen LogP contribution in [0, 0.1) is 0 Å². The maximum Gasteiger partial charge on any atom is 0.191 e. The molecule has 0 saturated heterocycles. The third-order valence-corrected chi connectivity index (χ3v) is 3.73. The van der Waals surface area contributed by atoms with Gasteiger partial charge in [0, 0.05) is 36.4 Å². The Morgan fingerprint density at radius 2 is 1.96 bits per heavy atom. The molecule has 1 heterocycles. The van der Waals surface area contributed by atoms with Crippen LogP contribution in [0.2, 0.25) is 10.0 Å². The van der Waals surface area contributed by atoms with Gasteiger partial charge >= 0.3 is 0 Å². The van der Waals surface area contributed by atoms with Gasteiger partial charge in [0.1, 0.15) is 0 Å². The van der Waals surface area contributed by atoms with Crippen LogP contribution in [0.4, 0.5) is 0 Å². The molecule has 0 amide bonds. The Hall–Kier alpha value is -1.72. The minimum absolute atomic E-state index is 0.578. The summed E-state index contributed by atoms with van der Waals surface area (Å²) in [6.07, 6.45) is 2.59. The highest BCUT2D eigenvalue weighted by molar-refractivity contribution is 6.34. The van der Waals surface area contributed by atoms with Crippen LogP contribution in [0.5, 0.6) is 0 Å². The van der Waals surface area contributed by atoms with Gasteiger partial charge in [-0.3, -0.25) is 4.68 Å². The molecule has 124 valence electrons. The molecule has 1 aromatic heterocycles. The molecule has 0 aliphatic heterocycles. The number of nitrogens with zero attached hydrogens (tertiary/aromatic N) is 3. The van der Waals surface area contributed by atoms with Crippen LogP contribution in [-0.4, -0.2) is 28.8 Å². The Morgan fingerprint density at radius 3 is 2.57 bits per heavy atom. The van der Waals surface area contributed by atoms with Crippen LogP contribution < -0.4 is 10.6 Å². The van der Waals surface area contributed by atoms with E-state index in [1.165, 1.54) is 0 Å². The number of hydrogen-bond donors (Lipinski definition) is 2. The second kappa shape index (κ2) is 8.79. The smallest absolute Gasteiger partial charge is 0.191 e. The number of benzene rings is 1. The highest BCUT2D eigenvalue weighted by Crippen LogP contribution is 2.19. The molecule has 0 saturated carbocycles. The first kappa shape index (κ1) is 17.6. The van der Waals surface area contributed by atoms with E-state index < -0.39 is 0 Å². The first-order valence-electron chi connectivity index (χ1n) is 7.52. The summed E-state index contributed by atoms with van der Waals surface area (Å²) in [5.74, 6) is 0.779. The number of halogens is 2. The minimum Gasteiger partial charge on any atom is -0.357 e. The van der Waals surface area contributed by atoms with Crippen LogP contribution in [0.15, 0.2) is 35.5 Å². The topological polar surface area (TPSA) is 54.2 Å². The van der Waals surface area contributed by atoms with E-state index in [2.05, 4.69) is 20.7 Å². The fourth-order valence-corrected chi connectivity index (χ4v) is 2.71. The molecule has 0 fully saturated rings. The van der Waals surface area contributed by atoms with Crippen LogP contribution in [-0.2, 0) is 20.0 Å². The first-order valence-corrected chi connectivity index (χ1v) is 8.28. The number of aromatic nitrogens is 2. The molecule has 2 rings (SSSR count). The lowest BCUT2D eigenvalue weighted by molar-refractivity contribution is 0.707. The maximum atomic E-state index is 6.01. The molecular weight excluding hydrogens is 333 g/mol. The second-order valence-corrected chi connectivity index (χ2v) is 5.97. The van der Waals surface area contributed by atoms with Crippen molar-refractivity contribution in [3.05, 3.63) is 51.8 Å². The zero-order valence-corrected chi connectivity index (χ0v) is 14.8. The molecule has 7 heteroatoms. The van der Waals surface area contributed by atoms with Crippen LogP contribution in [0.1, 0.15) is 18.2 Å². The number of aliphatic imine (C=N–C) groups is 1. The molecule has 23 heavy (non-hydrogen) atoms. The summed E-state index contributed by atoms with van der Waals surface area (Å²) >= 11 is 12.0. The summed E-state index contributed by atoms with van der Waals surface area (Å²) in [6, 6.07) is 7.55. The van der Waals surface area contributed by atoms with Crippen molar-refractivity contribution in [3.63, 3.8) is 0 Å². The summed E-state index contributed by atoms with van der Waals surface area (Å²) in [6.45, 7) is 4.17. The molecule has 2 aromatic rings. The number of rotatable bonds is 6. The highest BCUT2D eigenvalue weighted by atomic mass is 35.5. The Kier molecular flexibility index (Phi) is 6.74. The lowest BCUT2D eigenvalue weighted by atomic mass is 10.1. The van der Waals surface area contributed by atoms with E-state index in [0.717, 1.165) is 36.7 Å². The van der Waals surface area contributed by atoms with Gasteiger partial charge < -0.3 is 10.6 Å². The predicted molar refractivity (Wildman–Crippen MR) is 96.2 cm³/mol. The minimum atomic E-state index is 0.578. The quantitative estimate of drug-likeness (QED) is 0.619. The molecule has 5 nitrogen and oxygen atoms in total. The van der Waals surface area contributed by atoms with Gasteiger partial charge in [-0.25, -0.2) is 4.99 Å². The maximum absolute atomic E-state index is 6.01. The van der Waals surface area contributed by atoms with Gasteiger partial charge in [-0.2, -0.15) is 5.10 Å². The van der Waals surface area contributed by atoms with E-state index in [9.17, 15) is 0 Å². The molecule has 0 bridgehead atoms. The Labute approximate surface area is 146 Å². The molecule has 1 aromatic carbocycles. The van der Waals surface area contributed by atoms with Gasteiger partial charge in [0.15, 0.2) is 5.96 Å². The van der Waals surface area contributed by atoms with Crippen molar-refractivity contribution in [2.75, 3.05) is 13.1 Å². The third kappa shape index (κ3) is 5.77. The monoisotopic (exact) mass is 353 g/mol. The number of guanidine groups is 1. The summed E-state index contributed by atoms with van der Waals surface area (Å²) in [7, 11) is 1.91. The van der Waals surface area contributed by atoms with Crippen molar-refractivity contribution in [1.29, 1.82) is 0 Å². The molecule has 0 aliphatic carbocycles. The van der Waals surface area contributed by atoms with Gasteiger partial charge in [-0.05, 0) is 43.2 Å². The van der Waals surface area contributed by atoms with Crippen molar-refractivity contribution in [3.8, 4) is 0 Å². The normalized spacial score (nSPS) is 11.6. The van der Waals surface area contributed by atoms with E-state index >= 15 is 0 Å². The van der Waals surface area contributed by atoms with E-state index in [1.807, 2.05) is 36.9 Å². The van der Waals surface area contributed by atoms with E-state index in [1.54, 1.807) is 12.3 Å².